The van der Waals surface area contributed by atoms with Crippen LogP contribution in [0.5, 0.6) is 0 Å². The van der Waals surface area contributed by atoms with Gasteiger partial charge in [0.2, 0.25) is 0 Å². The predicted molar refractivity (Wildman–Crippen MR) is 39.0 cm³/mol. The van der Waals surface area contributed by atoms with Gasteiger partial charge in [0.15, 0.2) is 0 Å². The molecule has 3 heteroatoms. The zero-order chi connectivity index (χ0) is 8.43. The van der Waals surface area contributed by atoms with E-state index in [-0.39, 0.29) is 12.1 Å². The molecule has 0 heterocycles. The first-order chi connectivity index (χ1) is 5.16. The molecule has 0 aliphatic rings. The Kier molecular flexibility index (Phi) is 2.19. The highest BCUT2D eigenvalue weighted by atomic mass is 19.1. The molecule has 1 nitrogen and oxygen atoms in total. The van der Waals surface area contributed by atoms with Crippen LogP contribution in [-0.2, 0) is 6.54 Å². The summed E-state index contributed by atoms with van der Waals surface area (Å²) in [6.07, 6.45) is 0. The van der Waals surface area contributed by atoms with Crippen LogP contribution in [0.4, 0.5) is 8.78 Å². The molecule has 11 heavy (non-hydrogen) atoms. The van der Waals surface area contributed by atoms with Gasteiger partial charge in [-0.1, -0.05) is 6.07 Å². The lowest BCUT2D eigenvalue weighted by Gasteiger charge is -2.03. The van der Waals surface area contributed by atoms with Crippen molar-refractivity contribution < 1.29 is 8.78 Å². The quantitative estimate of drug-likeness (QED) is 0.660. The van der Waals surface area contributed by atoms with Gasteiger partial charge in [-0.2, -0.15) is 0 Å². The third-order valence-electron chi connectivity index (χ3n) is 1.58. The summed E-state index contributed by atoms with van der Waals surface area (Å²) in [7, 11) is 0. The Balaban J connectivity index is 3.29. The third kappa shape index (κ3) is 1.38. The number of benzene rings is 1. The van der Waals surface area contributed by atoms with Crippen molar-refractivity contribution in [3.8, 4) is 0 Å². The Hall–Kier alpha value is -0.960. The number of halogens is 2. The predicted octanol–water partition coefficient (Wildman–Crippen LogP) is 1.73. The maximum Gasteiger partial charge on any atom is 0.133 e. The topological polar surface area (TPSA) is 26.0 Å². The molecule has 1 aromatic carbocycles. The first kappa shape index (κ1) is 8.14. The second-order valence-electron chi connectivity index (χ2n) is 2.36. The van der Waals surface area contributed by atoms with Gasteiger partial charge in [0.1, 0.15) is 11.6 Å². The molecule has 0 radical (unpaired) electrons. The molecule has 0 atom stereocenters. The number of nitrogens with two attached hydrogens (primary N) is 1. The summed E-state index contributed by atoms with van der Waals surface area (Å²) in [6, 6.07) is 2.62. The first-order valence-electron chi connectivity index (χ1n) is 3.30. The SMILES string of the molecule is Cc1ccc(F)c(CN)c1F. The van der Waals surface area contributed by atoms with E-state index in [1.807, 2.05) is 0 Å². The fourth-order valence-electron chi connectivity index (χ4n) is 0.902. The Morgan fingerprint density at radius 1 is 1.36 bits per heavy atom. The van der Waals surface area contributed by atoms with Crippen molar-refractivity contribution in [1.29, 1.82) is 0 Å². The minimum absolute atomic E-state index is 0.0370. The van der Waals surface area contributed by atoms with Gasteiger partial charge in [0.05, 0.1) is 0 Å². The standard InChI is InChI=1S/C8H9F2N/c1-5-2-3-7(9)6(4-11)8(5)10/h2-3H,4,11H2,1H3. The van der Waals surface area contributed by atoms with E-state index in [0.717, 1.165) is 0 Å². The van der Waals surface area contributed by atoms with Gasteiger partial charge in [0, 0.05) is 12.1 Å². The van der Waals surface area contributed by atoms with Crippen molar-refractivity contribution in [2.75, 3.05) is 0 Å². The summed E-state index contributed by atoms with van der Waals surface area (Å²) in [4.78, 5) is 0. The number of aryl methyl sites for hydroxylation is 1. The lowest BCUT2D eigenvalue weighted by molar-refractivity contribution is 0.551. The van der Waals surface area contributed by atoms with Crippen molar-refractivity contribution >= 4 is 0 Å². The van der Waals surface area contributed by atoms with E-state index in [0.29, 0.717) is 5.56 Å². The van der Waals surface area contributed by atoms with Crippen molar-refractivity contribution in [2.24, 2.45) is 5.73 Å². The van der Waals surface area contributed by atoms with Crippen molar-refractivity contribution in [2.45, 2.75) is 13.5 Å². The fraction of sp³-hybridized carbons (Fsp3) is 0.250. The molecule has 1 rings (SSSR count). The minimum Gasteiger partial charge on any atom is -0.326 e. The van der Waals surface area contributed by atoms with E-state index < -0.39 is 11.6 Å². The summed E-state index contributed by atoms with van der Waals surface area (Å²) < 4.78 is 25.7. The van der Waals surface area contributed by atoms with Crippen LogP contribution in [0.25, 0.3) is 0 Å². The van der Waals surface area contributed by atoms with Gasteiger partial charge in [-0.25, -0.2) is 8.78 Å². The number of hydrogen-bond donors (Lipinski definition) is 1. The molecule has 1 aromatic rings. The zero-order valence-electron chi connectivity index (χ0n) is 6.20. The van der Waals surface area contributed by atoms with Crippen LogP contribution in [0.1, 0.15) is 11.1 Å². The second-order valence-corrected chi connectivity index (χ2v) is 2.36. The van der Waals surface area contributed by atoms with Crippen molar-refractivity contribution in [3.63, 3.8) is 0 Å². The van der Waals surface area contributed by atoms with Crippen molar-refractivity contribution in [1.82, 2.24) is 0 Å². The molecule has 0 unspecified atom stereocenters. The van der Waals surface area contributed by atoms with E-state index in [2.05, 4.69) is 0 Å². The molecule has 0 aliphatic heterocycles. The van der Waals surface area contributed by atoms with Gasteiger partial charge in [-0.05, 0) is 18.6 Å². The lowest BCUT2D eigenvalue weighted by Crippen LogP contribution is -2.04. The zero-order valence-corrected chi connectivity index (χ0v) is 6.20. The maximum atomic E-state index is 12.9. The van der Waals surface area contributed by atoms with E-state index in [1.54, 1.807) is 6.92 Å². The molecular weight excluding hydrogens is 148 g/mol. The Bertz CT molecular complexity index is 271. The Morgan fingerprint density at radius 2 is 2.00 bits per heavy atom. The number of rotatable bonds is 1. The molecule has 60 valence electrons. The van der Waals surface area contributed by atoms with Crippen LogP contribution >= 0.6 is 0 Å². The summed E-state index contributed by atoms with van der Waals surface area (Å²) in [6.45, 7) is 1.48. The minimum atomic E-state index is -0.574. The molecule has 0 spiro atoms. The maximum absolute atomic E-state index is 12.9. The van der Waals surface area contributed by atoms with Gasteiger partial charge in [0.25, 0.3) is 0 Å². The van der Waals surface area contributed by atoms with Gasteiger partial charge in [-0.3, -0.25) is 0 Å². The summed E-state index contributed by atoms with van der Waals surface area (Å²) in [5, 5.41) is 0. The highest BCUT2D eigenvalue weighted by molar-refractivity contribution is 5.26. The van der Waals surface area contributed by atoms with Crippen LogP contribution < -0.4 is 5.73 Å². The van der Waals surface area contributed by atoms with E-state index in [4.69, 9.17) is 5.73 Å². The Labute approximate surface area is 63.8 Å². The van der Waals surface area contributed by atoms with Crippen LogP contribution in [0, 0.1) is 18.6 Å². The highest BCUT2D eigenvalue weighted by Gasteiger charge is 2.08. The van der Waals surface area contributed by atoms with Crippen LogP contribution in [0.15, 0.2) is 12.1 Å². The van der Waals surface area contributed by atoms with Gasteiger partial charge >= 0.3 is 0 Å². The molecule has 0 aromatic heterocycles. The normalized spacial score (nSPS) is 10.2. The molecule has 0 bridgehead atoms. The average Bonchev–Trinajstić information content (AvgIpc) is 1.99. The molecule has 0 fully saturated rings. The number of hydrogen-bond acceptors (Lipinski definition) is 1. The summed E-state index contributed by atoms with van der Waals surface area (Å²) >= 11 is 0. The van der Waals surface area contributed by atoms with E-state index >= 15 is 0 Å². The van der Waals surface area contributed by atoms with E-state index in [9.17, 15) is 8.78 Å². The molecular formula is C8H9F2N. The second kappa shape index (κ2) is 2.96. The van der Waals surface area contributed by atoms with Gasteiger partial charge < -0.3 is 5.73 Å². The van der Waals surface area contributed by atoms with Crippen LogP contribution in [0.3, 0.4) is 0 Å². The first-order valence-corrected chi connectivity index (χ1v) is 3.30. The molecule has 2 N–H and O–H groups in total. The lowest BCUT2D eigenvalue weighted by atomic mass is 10.1. The molecule has 0 amide bonds. The fourth-order valence-corrected chi connectivity index (χ4v) is 0.902. The van der Waals surface area contributed by atoms with Crippen LogP contribution in [-0.4, -0.2) is 0 Å². The third-order valence-corrected chi connectivity index (χ3v) is 1.58. The average molecular weight is 157 g/mol. The molecule has 0 saturated carbocycles. The van der Waals surface area contributed by atoms with Gasteiger partial charge in [-0.15, -0.1) is 0 Å². The highest BCUT2D eigenvalue weighted by Crippen LogP contribution is 2.14. The summed E-state index contributed by atoms with van der Waals surface area (Å²) in [5.74, 6) is -1.11. The Morgan fingerprint density at radius 3 is 2.45 bits per heavy atom. The smallest absolute Gasteiger partial charge is 0.133 e. The molecule has 0 aliphatic carbocycles. The van der Waals surface area contributed by atoms with Crippen LogP contribution in [0.2, 0.25) is 0 Å². The largest absolute Gasteiger partial charge is 0.326 e. The van der Waals surface area contributed by atoms with Crippen molar-refractivity contribution in [3.05, 3.63) is 34.9 Å². The van der Waals surface area contributed by atoms with E-state index in [1.165, 1.54) is 12.1 Å². The summed E-state index contributed by atoms with van der Waals surface area (Å²) in [5.41, 5.74) is 5.53. The molecule has 0 saturated heterocycles. The monoisotopic (exact) mass is 157 g/mol.